The van der Waals surface area contributed by atoms with Crippen LogP contribution in [0.5, 0.6) is 5.75 Å². The van der Waals surface area contributed by atoms with E-state index in [1.54, 1.807) is 0 Å². The summed E-state index contributed by atoms with van der Waals surface area (Å²) in [6.07, 6.45) is 0.803. The molecule has 2 heterocycles. The van der Waals surface area contributed by atoms with Gasteiger partial charge in [0.2, 0.25) is 0 Å². The van der Waals surface area contributed by atoms with Gasteiger partial charge in [-0.1, -0.05) is 35.6 Å². The molecular formula is C22H24N2O4S. The first-order chi connectivity index (χ1) is 14.0. The summed E-state index contributed by atoms with van der Waals surface area (Å²) in [7, 11) is 0. The molecule has 7 heteroatoms. The second-order valence-corrected chi connectivity index (χ2v) is 9.29. The zero-order chi connectivity index (χ0) is 20.0. The van der Waals surface area contributed by atoms with Crippen molar-refractivity contribution in [1.82, 2.24) is 9.88 Å². The number of fused-ring (bicyclic) bond motifs is 2. The minimum Gasteiger partial charge on any atom is -0.490 e. The van der Waals surface area contributed by atoms with Gasteiger partial charge >= 0.3 is 4.87 Å². The van der Waals surface area contributed by atoms with Crippen LogP contribution in [0.1, 0.15) is 24.5 Å². The molecule has 1 saturated heterocycles. The summed E-state index contributed by atoms with van der Waals surface area (Å²) in [5.41, 5.74) is 0.830. The van der Waals surface area contributed by atoms with Gasteiger partial charge in [-0.25, -0.2) is 0 Å². The van der Waals surface area contributed by atoms with E-state index in [1.807, 2.05) is 48.5 Å². The number of hydrogen-bond donors (Lipinski definition) is 3. The Hall–Kier alpha value is -2.19. The third-order valence-corrected chi connectivity index (χ3v) is 7.02. The second-order valence-electron chi connectivity index (χ2n) is 8.27. The van der Waals surface area contributed by atoms with Crippen LogP contribution in [0.2, 0.25) is 0 Å². The number of likely N-dealkylation sites (tertiary alicyclic amines) is 1. The molecule has 1 unspecified atom stereocenters. The molecule has 5 rings (SSSR count). The highest BCUT2D eigenvalue weighted by molar-refractivity contribution is 7.16. The molecule has 0 radical (unpaired) electrons. The molecule has 1 saturated carbocycles. The van der Waals surface area contributed by atoms with Gasteiger partial charge < -0.3 is 19.9 Å². The summed E-state index contributed by atoms with van der Waals surface area (Å²) in [6.45, 7) is 1.76. The van der Waals surface area contributed by atoms with Crippen molar-refractivity contribution in [3.63, 3.8) is 0 Å². The first-order valence-corrected chi connectivity index (χ1v) is 10.8. The minimum atomic E-state index is -0.761. The summed E-state index contributed by atoms with van der Waals surface area (Å²) in [4.78, 5) is 16.3. The number of benzene rings is 2. The zero-order valence-corrected chi connectivity index (χ0v) is 16.8. The molecule has 152 valence electrons. The molecule has 2 fully saturated rings. The minimum absolute atomic E-state index is 0.0262. The van der Waals surface area contributed by atoms with Crippen LogP contribution >= 0.6 is 11.3 Å². The summed E-state index contributed by atoms with van der Waals surface area (Å²) in [5, 5.41) is 21.8. The molecule has 1 aliphatic heterocycles. The van der Waals surface area contributed by atoms with Crippen LogP contribution < -0.4 is 9.61 Å². The van der Waals surface area contributed by atoms with Crippen molar-refractivity contribution in [2.45, 2.75) is 30.7 Å². The number of hydrogen-bond acceptors (Lipinski definition) is 6. The van der Waals surface area contributed by atoms with Crippen LogP contribution in [0.3, 0.4) is 0 Å². The molecule has 2 aliphatic rings. The third kappa shape index (κ3) is 3.71. The average molecular weight is 413 g/mol. The monoisotopic (exact) mass is 412 g/mol. The summed E-state index contributed by atoms with van der Waals surface area (Å²) in [5.74, 6) is 0.997. The lowest BCUT2D eigenvalue weighted by atomic mass is 9.95. The largest absolute Gasteiger partial charge is 0.490 e. The van der Waals surface area contributed by atoms with Gasteiger partial charge in [-0.05, 0) is 36.2 Å². The maximum absolute atomic E-state index is 11.5. The van der Waals surface area contributed by atoms with Crippen LogP contribution in [0.25, 0.3) is 10.2 Å². The van der Waals surface area contributed by atoms with Crippen molar-refractivity contribution in [3.05, 3.63) is 63.8 Å². The lowest BCUT2D eigenvalue weighted by Gasteiger charge is -2.25. The maximum atomic E-state index is 11.5. The van der Waals surface area contributed by atoms with E-state index in [0.29, 0.717) is 19.5 Å². The standard InChI is InChI=1S/C22H24N2O4S/c25-19(14-6-7-18-20(8-14)29-21(26)23-18)12-24-11-15-9-17(10-22(15,27)13-24)28-16-4-2-1-3-5-16/h1-8,15,17,19,25,27H,9-13H2,(H,23,26)/t15-,17+,19?,22-/m1/s1. The topological polar surface area (TPSA) is 85.8 Å². The lowest BCUT2D eigenvalue weighted by Crippen LogP contribution is -2.36. The molecule has 1 aromatic heterocycles. The predicted octanol–water partition coefficient (Wildman–Crippen LogP) is 2.53. The molecule has 0 amide bonds. The molecule has 0 bridgehead atoms. The third-order valence-electron chi connectivity index (χ3n) is 6.17. The summed E-state index contributed by atoms with van der Waals surface area (Å²) >= 11 is 1.15. The van der Waals surface area contributed by atoms with Crippen LogP contribution in [-0.2, 0) is 0 Å². The zero-order valence-electron chi connectivity index (χ0n) is 16.0. The fraction of sp³-hybridized carbons (Fsp3) is 0.409. The molecule has 6 nitrogen and oxygen atoms in total. The van der Waals surface area contributed by atoms with E-state index in [4.69, 9.17) is 4.74 Å². The average Bonchev–Trinajstić information content (AvgIpc) is 3.29. The fourth-order valence-electron chi connectivity index (χ4n) is 4.82. The molecule has 3 N–H and O–H groups in total. The van der Waals surface area contributed by atoms with Gasteiger partial charge in [-0.3, -0.25) is 9.69 Å². The number of aliphatic hydroxyl groups is 2. The lowest BCUT2D eigenvalue weighted by molar-refractivity contribution is 0.0179. The first kappa shape index (κ1) is 18.8. The number of aromatic nitrogens is 1. The number of H-pyrrole nitrogens is 1. The van der Waals surface area contributed by atoms with Crippen molar-refractivity contribution in [3.8, 4) is 5.75 Å². The van der Waals surface area contributed by atoms with Crippen molar-refractivity contribution < 1.29 is 14.9 Å². The van der Waals surface area contributed by atoms with Gasteiger partial charge in [0.25, 0.3) is 0 Å². The number of β-amino-alcohol motifs (C(OH)–C–C–N with tert-alkyl or cyclic N) is 2. The van der Waals surface area contributed by atoms with Crippen LogP contribution in [0, 0.1) is 5.92 Å². The first-order valence-electron chi connectivity index (χ1n) is 9.96. The molecule has 1 aliphatic carbocycles. The van der Waals surface area contributed by atoms with Crippen LogP contribution in [0.15, 0.2) is 53.3 Å². The molecule has 4 atom stereocenters. The Morgan fingerprint density at radius 3 is 2.90 bits per heavy atom. The number of aliphatic hydroxyl groups excluding tert-OH is 1. The normalized spacial score (nSPS) is 27.9. The predicted molar refractivity (Wildman–Crippen MR) is 112 cm³/mol. The Balaban J connectivity index is 1.21. The van der Waals surface area contributed by atoms with Crippen molar-refractivity contribution in [2.24, 2.45) is 5.92 Å². The number of ether oxygens (including phenoxy) is 1. The van der Waals surface area contributed by atoms with E-state index in [1.165, 1.54) is 0 Å². The Kier molecular flexibility index (Phi) is 4.70. The van der Waals surface area contributed by atoms with Crippen molar-refractivity contribution in [2.75, 3.05) is 19.6 Å². The van der Waals surface area contributed by atoms with E-state index in [-0.39, 0.29) is 16.9 Å². The number of aromatic amines is 1. The van der Waals surface area contributed by atoms with E-state index in [0.717, 1.165) is 45.8 Å². The second kappa shape index (κ2) is 7.25. The maximum Gasteiger partial charge on any atom is 0.305 e. The smallest absolute Gasteiger partial charge is 0.305 e. The Morgan fingerprint density at radius 2 is 2.10 bits per heavy atom. The number of thiazole rings is 1. The SMILES string of the molecule is O=c1[nH]c2ccc(C(O)CN3C[C@H]4C[C@H](Oc5ccccc5)C[C@@]4(O)C3)cc2s1. The van der Waals surface area contributed by atoms with Crippen molar-refractivity contribution >= 4 is 21.6 Å². The quantitative estimate of drug-likeness (QED) is 0.600. The molecule has 3 aromatic rings. The van der Waals surface area contributed by atoms with Crippen LogP contribution in [-0.4, -0.2) is 51.4 Å². The van der Waals surface area contributed by atoms with E-state index >= 15 is 0 Å². The molecule has 29 heavy (non-hydrogen) atoms. The van der Waals surface area contributed by atoms with E-state index in [2.05, 4.69) is 9.88 Å². The van der Waals surface area contributed by atoms with Gasteiger partial charge in [0.05, 0.1) is 21.9 Å². The van der Waals surface area contributed by atoms with Crippen LogP contribution in [0.4, 0.5) is 0 Å². The Labute approximate surface area is 172 Å². The van der Waals surface area contributed by atoms with Gasteiger partial charge in [-0.15, -0.1) is 0 Å². The highest BCUT2D eigenvalue weighted by Crippen LogP contribution is 2.43. The summed E-state index contributed by atoms with van der Waals surface area (Å²) in [6, 6.07) is 15.3. The highest BCUT2D eigenvalue weighted by atomic mass is 32.1. The number of rotatable bonds is 5. The van der Waals surface area contributed by atoms with Gasteiger partial charge in [0.1, 0.15) is 11.9 Å². The Bertz CT molecular complexity index is 1070. The summed E-state index contributed by atoms with van der Waals surface area (Å²) < 4.78 is 6.90. The molecule has 0 spiro atoms. The number of para-hydroxylation sites is 1. The molecular weight excluding hydrogens is 388 g/mol. The fourth-order valence-corrected chi connectivity index (χ4v) is 5.61. The van der Waals surface area contributed by atoms with Gasteiger partial charge in [-0.2, -0.15) is 0 Å². The number of nitrogens with one attached hydrogen (secondary N) is 1. The highest BCUT2D eigenvalue weighted by Gasteiger charge is 2.52. The Morgan fingerprint density at radius 1 is 1.28 bits per heavy atom. The number of nitrogens with zero attached hydrogens (tertiary/aromatic N) is 1. The van der Waals surface area contributed by atoms with Gasteiger partial charge in [0, 0.05) is 32.0 Å². The molecule has 2 aromatic carbocycles. The van der Waals surface area contributed by atoms with E-state index in [9.17, 15) is 15.0 Å². The van der Waals surface area contributed by atoms with Gasteiger partial charge in [0.15, 0.2) is 0 Å². The van der Waals surface area contributed by atoms with E-state index < -0.39 is 11.7 Å². The van der Waals surface area contributed by atoms with Crippen molar-refractivity contribution in [1.29, 1.82) is 0 Å².